The minimum atomic E-state index is -0.664. The molecule has 0 saturated carbocycles. The minimum absolute atomic E-state index is 0.249. The van der Waals surface area contributed by atoms with Crippen molar-refractivity contribution in [3.05, 3.63) is 48.2 Å². The van der Waals surface area contributed by atoms with E-state index < -0.39 is 11.6 Å². The average molecular weight is 246 g/mol. The van der Waals surface area contributed by atoms with Crippen molar-refractivity contribution >= 4 is 11.3 Å². The molecule has 3 aromatic rings. The summed E-state index contributed by atoms with van der Waals surface area (Å²) in [6.07, 6.45) is 1.58. The second-order valence-electron chi connectivity index (χ2n) is 3.86. The lowest BCUT2D eigenvalue weighted by atomic mass is 10.2. The lowest BCUT2D eigenvalue weighted by Crippen LogP contribution is -1.91. The first-order valence-corrected chi connectivity index (χ1v) is 5.20. The molecule has 18 heavy (non-hydrogen) atoms. The van der Waals surface area contributed by atoms with Crippen LogP contribution in [0.4, 0.5) is 14.5 Å². The summed E-state index contributed by atoms with van der Waals surface area (Å²) >= 11 is 0. The van der Waals surface area contributed by atoms with Gasteiger partial charge in [0.05, 0.1) is 11.9 Å². The zero-order chi connectivity index (χ0) is 12.7. The van der Waals surface area contributed by atoms with E-state index in [9.17, 15) is 8.78 Å². The van der Waals surface area contributed by atoms with E-state index in [2.05, 4.69) is 10.1 Å². The first kappa shape index (κ1) is 10.6. The SMILES string of the molecule is Nc1ccc2nc(-c3cc(F)cc(F)c3)nn2c1. The van der Waals surface area contributed by atoms with E-state index in [4.69, 9.17) is 5.73 Å². The second kappa shape index (κ2) is 3.76. The number of nitrogen functional groups attached to an aromatic ring is 1. The molecule has 0 amide bonds. The van der Waals surface area contributed by atoms with Gasteiger partial charge in [0, 0.05) is 11.6 Å². The molecule has 0 saturated heterocycles. The van der Waals surface area contributed by atoms with Gasteiger partial charge in [-0.2, -0.15) is 0 Å². The minimum Gasteiger partial charge on any atom is -0.397 e. The summed E-state index contributed by atoms with van der Waals surface area (Å²) in [6, 6.07) is 6.53. The highest BCUT2D eigenvalue weighted by Crippen LogP contribution is 2.19. The Balaban J connectivity index is 2.19. The summed E-state index contributed by atoms with van der Waals surface area (Å²) in [4.78, 5) is 4.17. The quantitative estimate of drug-likeness (QED) is 0.716. The first-order valence-electron chi connectivity index (χ1n) is 5.20. The van der Waals surface area contributed by atoms with E-state index >= 15 is 0 Å². The fourth-order valence-corrected chi connectivity index (χ4v) is 1.70. The molecule has 2 heterocycles. The van der Waals surface area contributed by atoms with Crippen molar-refractivity contribution in [2.75, 3.05) is 5.73 Å². The van der Waals surface area contributed by atoms with Crippen molar-refractivity contribution in [3.63, 3.8) is 0 Å². The van der Waals surface area contributed by atoms with Crippen molar-refractivity contribution in [1.82, 2.24) is 14.6 Å². The summed E-state index contributed by atoms with van der Waals surface area (Å²) in [5, 5.41) is 4.12. The van der Waals surface area contributed by atoms with Gasteiger partial charge in [-0.05, 0) is 24.3 Å². The number of halogens is 2. The number of anilines is 1. The fourth-order valence-electron chi connectivity index (χ4n) is 1.70. The summed E-state index contributed by atoms with van der Waals surface area (Å²) in [6.45, 7) is 0. The molecule has 6 heteroatoms. The number of hydrogen-bond acceptors (Lipinski definition) is 3. The Morgan fingerprint density at radius 3 is 2.50 bits per heavy atom. The van der Waals surface area contributed by atoms with Crippen LogP contribution in [0.1, 0.15) is 0 Å². The zero-order valence-electron chi connectivity index (χ0n) is 9.14. The van der Waals surface area contributed by atoms with Gasteiger partial charge in [-0.15, -0.1) is 5.10 Å². The second-order valence-corrected chi connectivity index (χ2v) is 3.86. The fraction of sp³-hybridized carbons (Fsp3) is 0. The molecule has 0 bridgehead atoms. The van der Waals surface area contributed by atoms with Crippen LogP contribution in [0.2, 0.25) is 0 Å². The van der Waals surface area contributed by atoms with Crippen LogP contribution in [-0.4, -0.2) is 14.6 Å². The molecule has 0 aliphatic heterocycles. The maximum absolute atomic E-state index is 13.1. The molecule has 1 aromatic carbocycles. The van der Waals surface area contributed by atoms with Crippen LogP contribution in [0.15, 0.2) is 36.5 Å². The lowest BCUT2D eigenvalue weighted by Gasteiger charge is -1.95. The number of pyridine rings is 1. The number of hydrogen-bond donors (Lipinski definition) is 1. The predicted octanol–water partition coefficient (Wildman–Crippen LogP) is 2.26. The summed E-state index contributed by atoms with van der Waals surface area (Å²) < 4.78 is 27.7. The molecule has 0 fully saturated rings. The van der Waals surface area contributed by atoms with Crippen molar-refractivity contribution in [2.45, 2.75) is 0 Å². The Hall–Kier alpha value is -2.50. The molecule has 0 unspecified atom stereocenters. The first-order chi connectivity index (χ1) is 8.61. The molecule has 0 radical (unpaired) electrons. The zero-order valence-corrected chi connectivity index (χ0v) is 9.14. The van der Waals surface area contributed by atoms with Gasteiger partial charge in [0.15, 0.2) is 11.5 Å². The maximum Gasteiger partial charge on any atom is 0.182 e. The summed E-state index contributed by atoms with van der Waals surface area (Å²) in [7, 11) is 0. The number of fused-ring (bicyclic) bond motifs is 1. The largest absolute Gasteiger partial charge is 0.397 e. The van der Waals surface area contributed by atoms with Gasteiger partial charge in [0.1, 0.15) is 11.6 Å². The standard InChI is InChI=1S/C12H8F2N4/c13-8-3-7(4-9(14)5-8)12-16-11-2-1-10(15)6-18(11)17-12/h1-6H,15H2. The van der Waals surface area contributed by atoms with Crippen LogP contribution in [-0.2, 0) is 0 Å². The number of rotatable bonds is 1. The van der Waals surface area contributed by atoms with Crippen molar-refractivity contribution in [1.29, 1.82) is 0 Å². The smallest absolute Gasteiger partial charge is 0.182 e. The molecule has 4 nitrogen and oxygen atoms in total. The van der Waals surface area contributed by atoms with Gasteiger partial charge >= 0.3 is 0 Å². The molecule has 3 rings (SSSR count). The molecule has 0 atom stereocenters. The average Bonchev–Trinajstić information content (AvgIpc) is 2.70. The van der Waals surface area contributed by atoms with Crippen LogP contribution in [0, 0.1) is 11.6 Å². The van der Waals surface area contributed by atoms with Gasteiger partial charge in [-0.25, -0.2) is 18.3 Å². The van der Waals surface area contributed by atoms with Gasteiger partial charge in [0.25, 0.3) is 0 Å². The van der Waals surface area contributed by atoms with Crippen molar-refractivity contribution in [2.24, 2.45) is 0 Å². The van der Waals surface area contributed by atoms with Crippen LogP contribution < -0.4 is 5.73 Å². The van der Waals surface area contributed by atoms with Gasteiger partial charge in [0.2, 0.25) is 0 Å². The van der Waals surface area contributed by atoms with E-state index in [0.29, 0.717) is 11.3 Å². The molecule has 90 valence electrons. The molecular weight excluding hydrogens is 238 g/mol. The molecule has 0 aliphatic carbocycles. The Kier molecular flexibility index (Phi) is 2.22. The Bertz CT molecular complexity index is 716. The third-order valence-electron chi connectivity index (χ3n) is 2.47. The highest BCUT2D eigenvalue weighted by Gasteiger charge is 2.09. The van der Waals surface area contributed by atoms with Crippen LogP contribution in [0.5, 0.6) is 0 Å². The number of aromatic nitrogens is 3. The van der Waals surface area contributed by atoms with Crippen LogP contribution >= 0.6 is 0 Å². The van der Waals surface area contributed by atoms with Gasteiger partial charge in [-0.3, -0.25) is 0 Å². The van der Waals surface area contributed by atoms with Gasteiger partial charge in [-0.1, -0.05) is 0 Å². The van der Waals surface area contributed by atoms with E-state index in [1.807, 2.05) is 0 Å². The lowest BCUT2D eigenvalue weighted by molar-refractivity contribution is 0.584. The number of benzene rings is 1. The highest BCUT2D eigenvalue weighted by molar-refractivity contribution is 5.59. The maximum atomic E-state index is 13.1. The molecule has 0 spiro atoms. The van der Waals surface area contributed by atoms with E-state index in [0.717, 1.165) is 6.07 Å². The Labute approximate surface area is 101 Å². The molecule has 0 aliphatic rings. The van der Waals surface area contributed by atoms with Crippen LogP contribution in [0.25, 0.3) is 17.0 Å². The third-order valence-corrected chi connectivity index (χ3v) is 2.47. The monoisotopic (exact) mass is 246 g/mol. The van der Waals surface area contributed by atoms with E-state index in [-0.39, 0.29) is 11.4 Å². The Morgan fingerprint density at radius 2 is 1.78 bits per heavy atom. The third kappa shape index (κ3) is 1.77. The van der Waals surface area contributed by atoms with Gasteiger partial charge < -0.3 is 5.73 Å². The van der Waals surface area contributed by atoms with Crippen molar-refractivity contribution in [3.8, 4) is 11.4 Å². The molecular formula is C12H8F2N4. The van der Waals surface area contributed by atoms with E-state index in [1.165, 1.54) is 16.6 Å². The number of nitrogens with two attached hydrogens (primary N) is 1. The normalized spacial score (nSPS) is 11.0. The van der Waals surface area contributed by atoms with Crippen LogP contribution in [0.3, 0.4) is 0 Å². The highest BCUT2D eigenvalue weighted by atomic mass is 19.1. The summed E-state index contributed by atoms with van der Waals surface area (Å²) in [5.41, 5.74) is 6.99. The Morgan fingerprint density at radius 1 is 1.06 bits per heavy atom. The van der Waals surface area contributed by atoms with Crippen molar-refractivity contribution < 1.29 is 8.78 Å². The topological polar surface area (TPSA) is 56.2 Å². The molecule has 2 N–H and O–H groups in total. The molecule has 2 aromatic heterocycles. The predicted molar refractivity (Wildman–Crippen MR) is 62.8 cm³/mol. The summed E-state index contributed by atoms with van der Waals surface area (Å²) in [5.74, 6) is -1.08. The van der Waals surface area contributed by atoms with E-state index in [1.54, 1.807) is 18.3 Å². The number of nitrogens with zero attached hydrogens (tertiary/aromatic N) is 3.